The summed E-state index contributed by atoms with van der Waals surface area (Å²) in [5, 5.41) is 12.0. The van der Waals surface area contributed by atoms with Crippen LogP contribution in [0.1, 0.15) is 12.5 Å². The van der Waals surface area contributed by atoms with Crippen LogP contribution < -0.4 is 9.47 Å². The van der Waals surface area contributed by atoms with E-state index >= 15 is 0 Å². The summed E-state index contributed by atoms with van der Waals surface area (Å²) in [6.45, 7) is 2.56. The summed E-state index contributed by atoms with van der Waals surface area (Å²) in [4.78, 5) is 0. The average Bonchev–Trinajstić information content (AvgIpc) is 3.06. The highest BCUT2D eigenvalue weighted by atomic mass is 35.5. The molecule has 3 rings (SSSR count). The number of rotatable bonds is 7. The molecule has 0 bridgehead atoms. The Morgan fingerprint density at radius 2 is 2.11 bits per heavy atom. The van der Waals surface area contributed by atoms with Gasteiger partial charge in [-0.25, -0.2) is 5.10 Å². The zero-order valence-electron chi connectivity index (χ0n) is 15.1. The van der Waals surface area contributed by atoms with Crippen LogP contribution in [0, 0.1) is 17.1 Å². The lowest BCUT2D eigenvalue weighted by Gasteiger charge is -2.10. The molecule has 0 spiro atoms. The minimum atomic E-state index is 0.166. The number of nitrogens with zero attached hydrogens (tertiary/aromatic N) is 3. The van der Waals surface area contributed by atoms with Crippen LogP contribution in [0.3, 0.4) is 0 Å². The number of aromatic amines is 1. The maximum Gasteiger partial charge on any atom is 0.216 e. The molecule has 0 atom stereocenters. The van der Waals surface area contributed by atoms with Gasteiger partial charge < -0.3 is 9.47 Å². The summed E-state index contributed by atoms with van der Waals surface area (Å²) in [6.07, 6.45) is 6.90. The molecule has 8 heteroatoms. The van der Waals surface area contributed by atoms with E-state index in [4.69, 9.17) is 39.7 Å². The first-order chi connectivity index (χ1) is 13.6. The Hall–Kier alpha value is -3.08. The Kier molecular flexibility index (Phi) is 6.48. The van der Waals surface area contributed by atoms with E-state index in [1.54, 1.807) is 18.3 Å². The van der Waals surface area contributed by atoms with Gasteiger partial charge in [-0.15, -0.1) is 6.42 Å². The van der Waals surface area contributed by atoms with Crippen LogP contribution in [0.5, 0.6) is 11.5 Å². The maximum atomic E-state index is 6.27. The quantitative estimate of drug-likeness (QED) is 0.351. The fraction of sp³-hybridized carbons (Fsp3) is 0.150. The summed E-state index contributed by atoms with van der Waals surface area (Å²) in [6, 6.07) is 12.8. The first-order valence-electron chi connectivity index (χ1n) is 8.43. The van der Waals surface area contributed by atoms with Crippen molar-refractivity contribution in [3.63, 3.8) is 0 Å². The largest absolute Gasteiger partial charge is 0.490 e. The van der Waals surface area contributed by atoms with Crippen molar-refractivity contribution in [2.45, 2.75) is 6.92 Å². The third-order valence-electron chi connectivity index (χ3n) is 3.67. The lowest BCUT2D eigenvalue weighted by Crippen LogP contribution is -2.00. The number of H-pyrrole nitrogens is 1. The summed E-state index contributed by atoms with van der Waals surface area (Å²) >= 11 is 11.6. The van der Waals surface area contributed by atoms with Gasteiger partial charge >= 0.3 is 0 Å². The van der Waals surface area contributed by atoms with Crippen LogP contribution in [0.25, 0.3) is 11.4 Å². The average molecular weight is 413 g/mol. The third-order valence-corrected chi connectivity index (χ3v) is 4.26. The predicted molar refractivity (Wildman–Crippen MR) is 113 cm³/mol. The molecule has 2 aromatic carbocycles. The highest BCUT2D eigenvalue weighted by Gasteiger charge is 2.11. The number of terminal acetylenes is 1. The molecule has 0 saturated carbocycles. The molecule has 0 aliphatic carbocycles. The monoisotopic (exact) mass is 412 g/mol. The van der Waals surface area contributed by atoms with Gasteiger partial charge in [-0.05, 0) is 55.0 Å². The van der Waals surface area contributed by atoms with Crippen molar-refractivity contribution in [2.24, 2.45) is 5.10 Å². The molecule has 0 radical (unpaired) electrons. The van der Waals surface area contributed by atoms with E-state index in [9.17, 15) is 0 Å². The molecule has 0 unspecified atom stereocenters. The van der Waals surface area contributed by atoms with Crippen LogP contribution in [0.4, 0.5) is 0 Å². The minimum absolute atomic E-state index is 0.166. The van der Waals surface area contributed by atoms with E-state index in [2.05, 4.69) is 21.2 Å². The third kappa shape index (κ3) is 4.42. The molecule has 3 aromatic rings. The maximum absolute atomic E-state index is 6.27. The van der Waals surface area contributed by atoms with Gasteiger partial charge in [0.1, 0.15) is 6.61 Å². The molecule has 1 N–H and O–H groups in total. The highest BCUT2D eigenvalue weighted by molar-refractivity contribution is 7.71. The van der Waals surface area contributed by atoms with Gasteiger partial charge in [0.15, 0.2) is 17.3 Å². The van der Waals surface area contributed by atoms with Crippen molar-refractivity contribution in [2.75, 3.05) is 13.2 Å². The minimum Gasteiger partial charge on any atom is -0.490 e. The second kappa shape index (κ2) is 9.22. The normalized spacial score (nSPS) is 10.8. The number of aromatic nitrogens is 3. The van der Waals surface area contributed by atoms with Gasteiger partial charge in [0.25, 0.3) is 0 Å². The van der Waals surface area contributed by atoms with E-state index < -0.39 is 0 Å². The Morgan fingerprint density at radius 3 is 2.86 bits per heavy atom. The first-order valence-corrected chi connectivity index (χ1v) is 9.22. The lowest BCUT2D eigenvalue weighted by atomic mass is 10.2. The SMILES string of the molecule is C#CCOc1ccc(/C=N\n2c(-c3ccccc3Cl)n[nH]c2=S)cc1OCC. The highest BCUT2D eigenvalue weighted by Crippen LogP contribution is 2.28. The molecule has 0 aliphatic heterocycles. The topological polar surface area (TPSA) is 64.4 Å². The van der Waals surface area contributed by atoms with Crippen molar-refractivity contribution in [3.8, 4) is 35.2 Å². The van der Waals surface area contributed by atoms with Gasteiger partial charge in [0.2, 0.25) is 4.77 Å². The Bertz CT molecular complexity index is 1100. The smallest absolute Gasteiger partial charge is 0.216 e. The number of hydrogen-bond acceptors (Lipinski definition) is 5. The van der Waals surface area contributed by atoms with Crippen molar-refractivity contribution >= 4 is 30.0 Å². The molecule has 142 valence electrons. The fourth-order valence-electron chi connectivity index (χ4n) is 2.45. The Morgan fingerprint density at radius 1 is 1.29 bits per heavy atom. The van der Waals surface area contributed by atoms with Gasteiger partial charge in [-0.1, -0.05) is 29.7 Å². The summed E-state index contributed by atoms with van der Waals surface area (Å²) in [5.74, 6) is 4.12. The second-order valence-electron chi connectivity index (χ2n) is 5.52. The van der Waals surface area contributed by atoms with E-state index in [1.807, 2.05) is 37.3 Å². The Labute approximate surface area is 172 Å². The molecule has 0 aliphatic rings. The molecule has 28 heavy (non-hydrogen) atoms. The van der Waals surface area contributed by atoms with Gasteiger partial charge in [-0.2, -0.15) is 14.9 Å². The van der Waals surface area contributed by atoms with E-state index in [0.717, 1.165) is 11.1 Å². The number of halogens is 1. The fourth-order valence-corrected chi connectivity index (χ4v) is 2.85. The van der Waals surface area contributed by atoms with Crippen LogP contribution >= 0.6 is 23.8 Å². The van der Waals surface area contributed by atoms with Crippen molar-refractivity contribution in [1.82, 2.24) is 14.9 Å². The van der Waals surface area contributed by atoms with Crippen molar-refractivity contribution in [1.29, 1.82) is 0 Å². The van der Waals surface area contributed by atoms with Crippen molar-refractivity contribution < 1.29 is 9.47 Å². The molecule has 0 amide bonds. The summed E-state index contributed by atoms with van der Waals surface area (Å²) in [7, 11) is 0. The molecule has 0 saturated heterocycles. The zero-order valence-corrected chi connectivity index (χ0v) is 16.6. The van der Waals surface area contributed by atoms with E-state index in [0.29, 0.717) is 33.7 Å². The molecule has 6 nitrogen and oxygen atoms in total. The molecular formula is C20H17ClN4O2S. The van der Waals surface area contributed by atoms with Crippen LogP contribution in [-0.2, 0) is 0 Å². The molecule has 0 fully saturated rings. The number of nitrogens with one attached hydrogen (secondary N) is 1. The zero-order chi connectivity index (χ0) is 19.9. The standard InChI is InChI=1S/C20H17ClN4O2S/c1-3-11-27-17-10-9-14(12-18(17)26-4-2)13-22-25-19(23-24-20(25)28)15-7-5-6-8-16(15)21/h1,5-10,12-13H,4,11H2,2H3,(H,24,28)/b22-13-. The van der Waals surface area contributed by atoms with Gasteiger partial charge in [0.05, 0.1) is 17.8 Å². The molecule has 1 heterocycles. The molecule has 1 aromatic heterocycles. The Balaban J connectivity index is 1.94. The van der Waals surface area contributed by atoms with E-state index in [-0.39, 0.29) is 6.61 Å². The van der Waals surface area contributed by atoms with Gasteiger partial charge in [0, 0.05) is 5.56 Å². The lowest BCUT2D eigenvalue weighted by molar-refractivity contribution is 0.299. The van der Waals surface area contributed by atoms with Crippen LogP contribution in [0.2, 0.25) is 5.02 Å². The predicted octanol–water partition coefficient (Wildman–Crippen LogP) is 4.55. The van der Waals surface area contributed by atoms with Crippen molar-refractivity contribution in [3.05, 3.63) is 57.8 Å². The summed E-state index contributed by atoms with van der Waals surface area (Å²) in [5.41, 5.74) is 1.52. The number of benzene rings is 2. The second-order valence-corrected chi connectivity index (χ2v) is 6.31. The van der Waals surface area contributed by atoms with Crippen LogP contribution in [0.15, 0.2) is 47.6 Å². The van der Waals surface area contributed by atoms with Crippen LogP contribution in [-0.4, -0.2) is 34.3 Å². The van der Waals surface area contributed by atoms with Gasteiger partial charge in [-0.3, -0.25) is 0 Å². The summed E-state index contributed by atoms with van der Waals surface area (Å²) < 4.78 is 13.0. The van der Waals surface area contributed by atoms with E-state index in [1.165, 1.54) is 4.68 Å². The first kappa shape index (κ1) is 19.7. The number of ether oxygens (including phenoxy) is 2. The molecular weight excluding hydrogens is 396 g/mol. The number of hydrogen-bond donors (Lipinski definition) is 1.